The lowest BCUT2D eigenvalue weighted by Crippen LogP contribution is -2.45. The standard InChI is InChI=1S/C20H44N2/c1-6-11-15-21(16-12-7-2)19-20(10-5)22(17-13-8-3)18-14-9-4/h20H,6-19H2,1-5H3/t20-/m1/s1. The normalized spacial score (nSPS) is 13.2. The fraction of sp³-hybridized carbons (Fsp3) is 1.00. The molecule has 0 fully saturated rings. The molecule has 0 aromatic rings. The Bertz CT molecular complexity index is 202. The van der Waals surface area contributed by atoms with Crippen molar-refractivity contribution in [2.45, 2.75) is 98.4 Å². The summed E-state index contributed by atoms with van der Waals surface area (Å²) in [4.78, 5) is 5.53. The third-order valence-corrected chi connectivity index (χ3v) is 4.71. The Morgan fingerprint density at radius 3 is 1.36 bits per heavy atom. The van der Waals surface area contributed by atoms with Crippen LogP contribution in [0.1, 0.15) is 92.4 Å². The van der Waals surface area contributed by atoms with Crippen LogP contribution in [0.15, 0.2) is 0 Å². The first-order valence-electron chi connectivity index (χ1n) is 10.2. The maximum Gasteiger partial charge on any atom is 0.0220 e. The van der Waals surface area contributed by atoms with Gasteiger partial charge < -0.3 is 4.90 Å². The molecule has 0 bridgehead atoms. The Morgan fingerprint density at radius 1 is 0.591 bits per heavy atom. The fourth-order valence-corrected chi connectivity index (χ4v) is 3.06. The maximum atomic E-state index is 2.79. The van der Waals surface area contributed by atoms with Crippen molar-refractivity contribution >= 4 is 0 Å². The largest absolute Gasteiger partial charge is 0.302 e. The van der Waals surface area contributed by atoms with E-state index in [0.717, 1.165) is 6.04 Å². The van der Waals surface area contributed by atoms with Crippen molar-refractivity contribution in [3.05, 3.63) is 0 Å². The summed E-state index contributed by atoms with van der Waals surface area (Å²) in [7, 11) is 0. The Kier molecular flexibility index (Phi) is 15.7. The second-order valence-electron chi connectivity index (χ2n) is 6.81. The molecule has 0 spiro atoms. The quantitative estimate of drug-likeness (QED) is 0.367. The fourth-order valence-electron chi connectivity index (χ4n) is 3.06. The van der Waals surface area contributed by atoms with Gasteiger partial charge in [-0.1, -0.05) is 60.3 Å². The third kappa shape index (κ3) is 10.6. The lowest BCUT2D eigenvalue weighted by atomic mass is 10.1. The first kappa shape index (κ1) is 21.9. The minimum absolute atomic E-state index is 0.756. The van der Waals surface area contributed by atoms with Crippen molar-refractivity contribution in [1.82, 2.24) is 9.80 Å². The van der Waals surface area contributed by atoms with Gasteiger partial charge in [-0.2, -0.15) is 0 Å². The van der Waals surface area contributed by atoms with Crippen molar-refractivity contribution < 1.29 is 0 Å². The summed E-state index contributed by atoms with van der Waals surface area (Å²) in [5.41, 5.74) is 0. The number of hydrogen-bond donors (Lipinski definition) is 0. The van der Waals surface area contributed by atoms with Crippen LogP contribution in [-0.2, 0) is 0 Å². The summed E-state index contributed by atoms with van der Waals surface area (Å²) in [5, 5.41) is 0. The molecule has 0 heterocycles. The zero-order chi connectivity index (χ0) is 16.6. The van der Waals surface area contributed by atoms with Gasteiger partial charge in [-0.05, 0) is 58.3 Å². The van der Waals surface area contributed by atoms with Gasteiger partial charge in [0, 0.05) is 12.6 Å². The molecular formula is C20H44N2. The lowest BCUT2D eigenvalue weighted by Gasteiger charge is -2.35. The molecule has 0 saturated heterocycles. The van der Waals surface area contributed by atoms with Crippen LogP contribution in [0.25, 0.3) is 0 Å². The molecule has 1 atom stereocenters. The highest BCUT2D eigenvalue weighted by Gasteiger charge is 2.19. The van der Waals surface area contributed by atoms with Gasteiger partial charge in [-0.15, -0.1) is 0 Å². The van der Waals surface area contributed by atoms with Gasteiger partial charge in [-0.3, -0.25) is 4.90 Å². The second kappa shape index (κ2) is 15.8. The van der Waals surface area contributed by atoms with E-state index in [4.69, 9.17) is 0 Å². The summed E-state index contributed by atoms with van der Waals surface area (Å²) in [6, 6.07) is 0.756. The highest BCUT2D eigenvalue weighted by molar-refractivity contribution is 4.75. The minimum Gasteiger partial charge on any atom is -0.302 e. The number of unbranched alkanes of at least 4 members (excludes halogenated alkanes) is 4. The van der Waals surface area contributed by atoms with Crippen molar-refractivity contribution in [3.8, 4) is 0 Å². The van der Waals surface area contributed by atoms with E-state index < -0.39 is 0 Å². The van der Waals surface area contributed by atoms with E-state index in [2.05, 4.69) is 44.4 Å². The molecule has 0 saturated carbocycles. The van der Waals surface area contributed by atoms with Crippen LogP contribution >= 0.6 is 0 Å². The molecule has 0 aliphatic heterocycles. The van der Waals surface area contributed by atoms with E-state index in [1.807, 2.05) is 0 Å². The molecular weight excluding hydrogens is 268 g/mol. The summed E-state index contributed by atoms with van der Waals surface area (Å²) in [5.74, 6) is 0. The molecule has 2 nitrogen and oxygen atoms in total. The molecule has 134 valence electrons. The first-order valence-corrected chi connectivity index (χ1v) is 10.2. The average molecular weight is 313 g/mol. The highest BCUT2D eigenvalue weighted by Crippen LogP contribution is 2.12. The van der Waals surface area contributed by atoms with Gasteiger partial charge in [0.05, 0.1) is 0 Å². The summed E-state index contributed by atoms with van der Waals surface area (Å²) in [6.45, 7) is 18.1. The molecule has 0 rings (SSSR count). The van der Waals surface area contributed by atoms with Gasteiger partial charge in [-0.25, -0.2) is 0 Å². The van der Waals surface area contributed by atoms with Crippen LogP contribution in [-0.4, -0.2) is 48.6 Å². The molecule has 22 heavy (non-hydrogen) atoms. The average Bonchev–Trinajstić information content (AvgIpc) is 2.55. The Hall–Kier alpha value is -0.0800. The smallest absolute Gasteiger partial charge is 0.0220 e. The van der Waals surface area contributed by atoms with Crippen LogP contribution in [0.5, 0.6) is 0 Å². The van der Waals surface area contributed by atoms with Gasteiger partial charge >= 0.3 is 0 Å². The maximum absolute atomic E-state index is 2.79. The van der Waals surface area contributed by atoms with Crippen LogP contribution in [0.4, 0.5) is 0 Å². The van der Waals surface area contributed by atoms with E-state index in [1.54, 1.807) is 0 Å². The van der Waals surface area contributed by atoms with Crippen molar-refractivity contribution in [3.63, 3.8) is 0 Å². The number of hydrogen-bond acceptors (Lipinski definition) is 2. The molecule has 0 radical (unpaired) electrons. The topological polar surface area (TPSA) is 6.48 Å². The molecule has 0 N–H and O–H groups in total. The molecule has 0 aromatic carbocycles. The lowest BCUT2D eigenvalue weighted by molar-refractivity contribution is 0.128. The Balaban J connectivity index is 4.57. The van der Waals surface area contributed by atoms with E-state index in [-0.39, 0.29) is 0 Å². The number of nitrogens with zero attached hydrogens (tertiary/aromatic N) is 2. The first-order chi connectivity index (χ1) is 10.7. The minimum atomic E-state index is 0.756. The van der Waals surface area contributed by atoms with E-state index in [1.165, 1.54) is 90.5 Å². The predicted octanol–water partition coefficient (Wildman–Crippen LogP) is 5.57. The van der Waals surface area contributed by atoms with Gasteiger partial charge in [0.1, 0.15) is 0 Å². The van der Waals surface area contributed by atoms with Crippen molar-refractivity contribution in [1.29, 1.82) is 0 Å². The third-order valence-electron chi connectivity index (χ3n) is 4.71. The zero-order valence-corrected chi connectivity index (χ0v) is 16.4. The van der Waals surface area contributed by atoms with Gasteiger partial charge in [0.15, 0.2) is 0 Å². The summed E-state index contributed by atoms with van der Waals surface area (Å²) >= 11 is 0. The zero-order valence-electron chi connectivity index (χ0n) is 16.4. The molecule has 0 aliphatic carbocycles. The summed E-state index contributed by atoms with van der Waals surface area (Å²) in [6.07, 6.45) is 12.0. The molecule has 2 heteroatoms. The highest BCUT2D eigenvalue weighted by atomic mass is 15.2. The molecule has 0 amide bonds. The van der Waals surface area contributed by atoms with Crippen LogP contribution < -0.4 is 0 Å². The predicted molar refractivity (Wildman–Crippen MR) is 102 cm³/mol. The van der Waals surface area contributed by atoms with Crippen LogP contribution in [0.2, 0.25) is 0 Å². The van der Waals surface area contributed by atoms with Gasteiger partial charge in [0.2, 0.25) is 0 Å². The summed E-state index contributed by atoms with van der Waals surface area (Å²) < 4.78 is 0. The van der Waals surface area contributed by atoms with E-state index in [0.29, 0.717) is 0 Å². The second-order valence-corrected chi connectivity index (χ2v) is 6.81. The van der Waals surface area contributed by atoms with E-state index in [9.17, 15) is 0 Å². The molecule has 0 aliphatic rings. The van der Waals surface area contributed by atoms with E-state index >= 15 is 0 Å². The Morgan fingerprint density at radius 2 is 1.00 bits per heavy atom. The van der Waals surface area contributed by atoms with Crippen LogP contribution in [0, 0.1) is 0 Å². The molecule has 0 unspecified atom stereocenters. The number of rotatable bonds is 16. The van der Waals surface area contributed by atoms with Gasteiger partial charge in [0.25, 0.3) is 0 Å². The van der Waals surface area contributed by atoms with Crippen LogP contribution in [0.3, 0.4) is 0 Å². The monoisotopic (exact) mass is 312 g/mol. The molecule has 0 aromatic heterocycles. The Labute approximate surface area is 141 Å². The van der Waals surface area contributed by atoms with Crippen molar-refractivity contribution in [2.75, 3.05) is 32.7 Å². The van der Waals surface area contributed by atoms with Crippen molar-refractivity contribution in [2.24, 2.45) is 0 Å². The SMILES string of the molecule is CCCCN(CCCC)C[C@@H](CC)N(CCCC)CCCC.